The van der Waals surface area contributed by atoms with Gasteiger partial charge in [-0.05, 0) is 57.8 Å². The molecule has 366 valence electrons. The Morgan fingerprint density at radius 1 is 0.452 bits per heavy atom. The standard InChI is InChI=1S/C56H107NO5/c1-3-5-7-9-11-13-15-16-17-18-21-24-27-30-34-38-42-46-50-56(61)62-51-47-43-39-35-31-28-25-22-19-20-23-26-29-33-37-41-45-49-55(60)57-53(52-58)54(59)48-44-40-36-32-14-12-10-8-6-4-2/h13,15,17-18,53-54,58-59H,3-12,14,16,19-52H2,1-2H3,(H,57,60)/b15-13-,18-17-. The lowest BCUT2D eigenvalue weighted by Gasteiger charge is -2.22. The van der Waals surface area contributed by atoms with Crippen LogP contribution in [0.15, 0.2) is 24.3 Å². The Kier molecular flexibility index (Phi) is 50.6. The molecule has 0 fully saturated rings. The van der Waals surface area contributed by atoms with Crippen LogP contribution in [0, 0.1) is 0 Å². The molecular weight excluding hydrogens is 767 g/mol. The number of hydrogen-bond acceptors (Lipinski definition) is 5. The maximum Gasteiger partial charge on any atom is 0.305 e. The normalized spacial score (nSPS) is 12.8. The number of amides is 1. The first kappa shape index (κ1) is 60.3. The van der Waals surface area contributed by atoms with Crippen molar-refractivity contribution in [2.24, 2.45) is 0 Å². The lowest BCUT2D eigenvalue weighted by Crippen LogP contribution is -2.45. The highest BCUT2D eigenvalue weighted by atomic mass is 16.5. The molecule has 0 heterocycles. The van der Waals surface area contributed by atoms with Gasteiger partial charge >= 0.3 is 5.97 Å². The molecule has 0 aliphatic heterocycles. The average Bonchev–Trinajstić information content (AvgIpc) is 3.27. The molecule has 0 aromatic carbocycles. The van der Waals surface area contributed by atoms with Crippen LogP contribution in [0.4, 0.5) is 0 Å². The number of ether oxygens (including phenoxy) is 1. The quantitative estimate of drug-likeness (QED) is 0.0321. The van der Waals surface area contributed by atoms with E-state index in [0.717, 1.165) is 51.4 Å². The van der Waals surface area contributed by atoms with E-state index in [0.29, 0.717) is 25.9 Å². The number of carbonyl (C=O) groups excluding carboxylic acids is 2. The van der Waals surface area contributed by atoms with Gasteiger partial charge in [0.1, 0.15) is 0 Å². The summed E-state index contributed by atoms with van der Waals surface area (Å²) in [5, 5.41) is 23.1. The number of unbranched alkanes of at least 4 members (excludes halogenated alkanes) is 36. The zero-order valence-corrected chi connectivity index (χ0v) is 41.6. The zero-order valence-electron chi connectivity index (χ0n) is 41.6. The maximum absolute atomic E-state index is 12.4. The molecule has 0 radical (unpaired) electrons. The molecule has 0 aromatic rings. The van der Waals surface area contributed by atoms with Crippen molar-refractivity contribution in [1.29, 1.82) is 0 Å². The molecule has 62 heavy (non-hydrogen) atoms. The topological polar surface area (TPSA) is 95.9 Å². The molecule has 2 atom stereocenters. The van der Waals surface area contributed by atoms with Gasteiger partial charge in [-0.15, -0.1) is 0 Å². The van der Waals surface area contributed by atoms with Crippen LogP contribution >= 0.6 is 0 Å². The van der Waals surface area contributed by atoms with Crippen molar-refractivity contribution < 1.29 is 24.5 Å². The Balaban J connectivity index is 3.39. The molecule has 0 bridgehead atoms. The Hall–Kier alpha value is -1.66. The van der Waals surface area contributed by atoms with Crippen LogP contribution in [0.1, 0.15) is 296 Å². The number of rotatable bonds is 51. The van der Waals surface area contributed by atoms with Gasteiger partial charge in [0.15, 0.2) is 0 Å². The van der Waals surface area contributed by atoms with Crippen molar-refractivity contribution in [2.45, 2.75) is 309 Å². The Morgan fingerprint density at radius 3 is 1.24 bits per heavy atom. The van der Waals surface area contributed by atoms with E-state index in [4.69, 9.17) is 4.74 Å². The number of allylic oxidation sites excluding steroid dienone is 4. The summed E-state index contributed by atoms with van der Waals surface area (Å²) >= 11 is 0. The first-order valence-corrected chi connectivity index (χ1v) is 27.6. The van der Waals surface area contributed by atoms with Crippen molar-refractivity contribution in [3.8, 4) is 0 Å². The van der Waals surface area contributed by atoms with Crippen LogP contribution in [0.2, 0.25) is 0 Å². The van der Waals surface area contributed by atoms with Gasteiger partial charge in [-0.2, -0.15) is 0 Å². The Morgan fingerprint density at radius 2 is 0.806 bits per heavy atom. The monoisotopic (exact) mass is 874 g/mol. The Labute approximate surface area is 386 Å². The van der Waals surface area contributed by atoms with Crippen molar-refractivity contribution in [3.05, 3.63) is 24.3 Å². The van der Waals surface area contributed by atoms with E-state index in [1.54, 1.807) is 0 Å². The SMILES string of the molecule is CCCCCC/C=C\C/C=C\CCCCCCCCCC(=O)OCCCCCCCCCCCCCCCCCCCC(=O)NC(CO)C(O)CCCCCCCCCCCC. The number of nitrogens with one attached hydrogen (secondary N) is 1. The van der Waals surface area contributed by atoms with Crippen LogP contribution in [-0.2, 0) is 14.3 Å². The molecular formula is C56H107NO5. The van der Waals surface area contributed by atoms with Crippen molar-refractivity contribution in [2.75, 3.05) is 13.2 Å². The van der Waals surface area contributed by atoms with Gasteiger partial charge in [-0.25, -0.2) is 0 Å². The van der Waals surface area contributed by atoms with E-state index in [1.807, 2.05) is 0 Å². The van der Waals surface area contributed by atoms with Gasteiger partial charge in [0.2, 0.25) is 5.91 Å². The summed E-state index contributed by atoms with van der Waals surface area (Å²) < 4.78 is 5.48. The molecule has 0 saturated heterocycles. The Bertz CT molecular complexity index is 966. The predicted molar refractivity (Wildman–Crippen MR) is 269 cm³/mol. The highest BCUT2D eigenvalue weighted by molar-refractivity contribution is 5.76. The molecule has 0 spiro atoms. The van der Waals surface area contributed by atoms with E-state index in [1.165, 1.54) is 212 Å². The lowest BCUT2D eigenvalue weighted by molar-refractivity contribution is -0.143. The number of hydrogen-bond donors (Lipinski definition) is 3. The third kappa shape index (κ3) is 47.8. The van der Waals surface area contributed by atoms with Gasteiger partial charge in [-0.1, -0.05) is 250 Å². The van der Waals surface area contributed by atoms with E-state index < -0.39 is 12.1 Å². The number of carbonyl (C=O) groups is 2. The fraction of sp³-hybridized carbons (Fsp3) is 0.893. The van der Waals surface area contributed by atoms with Crippen LogP contribution in [-0.4, -0.2) is 47.4 Å². The number of esters is 1. The van der Waals surface area contributed by atoms with Crippen molar-refractivity contribution >= 4 is 11.9 Å². The molecule has 0 aliphatic carbocycles. The van der Waals surface area contributed by atoms with Crippen LogP contribution in [0.25, 0.3) is 0 Å². The minimum Gasteiger partial charge on any atom is -0.466 e. The lowest BCUT2D eigenvalue weighted by atomic mass is 10.0. The molecule has 0 saturated carbocycles. The van der Waals surface area contributed by atoms with Crippen LogP contribution in [0.3, 0.4) is 0 Å². The third-order valence-corrected chi connectivity index (χ3v) is 12.8. The van der Waals surface area contributed by atoms with Gasteiger partial charge in [0.05, 0.1) is 25.4 Å². The molecule has 0 aromatic heterocycles. The summed E-state index contributed by atoms with van der Waals surface area (Å²) in [4.78, 5) is 24.5. The van der Waals surface area contributed by atoms with E-state index >= 15 is 0 Å². The molecule has 6 heteroatoms. The summed E-state index contributed by atoms with van der Waals surface area (Å²) in [5.74, 6) is -0.0440. The fourth-order valence-corrected chi connectivity index (χ4v) is 8.49. The second kappa shape index (κ2) is 52.0. The van der Waals surface area contributed by atoms with Crippen molar-refractivity contribution in [1.82, 2.24) is 5.32 Å². The first-order valence-electron chi connectivity index (χ1n) is 27.6. The predicted octanol–water partition coefficient (Wildman–Crippen LogP) is 16.7. The summed E-state index contributed by atoms with van der Waals surface area (Å²) in [5.41, 5.74) is 0. The summed E-state index contributed by atoms with van der Waals surface area (Å²) in [6.07, 6.45) is 61.6. The van der Waals surface area contributed by atoms with E-state index in [9.17, 15) is 19.8 Å². The second-order valence-corrected chi connectivity index (χ2v) is 18.9. The highest BCUT2D eigenvalue weighted by Crippen LogP contribution is 2.17. The third-order valence-electron chi connectivity index (χ3n) is 12.8. The van der Waals surface area contributed by atoms with Gasteiger partial charge < -0.3 is 20.3 Å². The minimum atomic E-state index is -0.666. The maximum atomic E-state index is 12.4. The number of aliphatic hydroxyl groups excluding tert-OH is 2. The first-order chi connectivity index (χ1) is 30.5. The fourth-order valence-electron chi connectivity index (χ4n) is 8.49. The highest BCUT2D eigenvalue weighted by Gasteiger charge is 2.20. The average molecular weight is 874 g/mol. The van der Waals surface area contributed by atoms with Gasteiger partial charge in [0, 0.05) is 12.8 Å². The van der Waals surface area contributed by atoms with Crippen LogP contribution < -0.4 is 5.32 Å². The number of aliphatic hydroxyl groups is 2. The van der Waals surface area contributed by atoms with E-state index in [2.05, 4.69) is 43.5 Å². The van der Waals surface area contributed by atoms with Crippen molar-refractivity contribution in [3.63, 3.8) is 0 Å². The largest absolute Gasteiger partial charge is 0.466 e. The summed E-state index contributed by atoms with van der Waals surface area (Å²) in [6.45, 7) is 4.91. The molecule has 6 nitrogen and oxygen atoms in total. The summed E-state index contributed by atoms with van der Waals surface area (Å²) in [6, 6.07) is -0.544. The minimum absolute atomic E-state index is 0.00207. The van der Waals surface area contributed by atoms with E-state index in [-0.39, 0.29) is 18.5 Å². The molecule has 1 amide bonds. The molecule has 0 rings (SSSR count). The van der Waals surface area contributed by atoms with Gasteiger partial charge in [0.25, 0.3) is 0 Å². The molecule has 2 unspecified atom stereocenters. The zero-order chi connectivity index (χ0) is 45.1. The smallest absolute Gasteiger partial charge is 0.305 e. The summed E-state index contributed by atoms with van der Waals surface area (Å²) in [7, 11) is 0. The molecule has 0 aliphatic rings. The van der Waals surface area contributed by atoms with Crippen LogP contribution in [0.5, 0.6) is 0 Å². The molecule has 3 N–H and O–H groups in total. The second-order valence-electron chi connectivity index (χ2n) is 18.9. The van der Waals surface area contributed by atoms with Gasteiger partial charge in [-0.3, -0.25) is 9.59 Å².